The molecule has 0 saturated heterocycles. The van der Waals surface area contributed by atoms with Gasteiger partial charge in [0.2, 0.25) is 0 Å². The summed E-state index contributed by atoms with van der Waals surface area (Å²) in [4.78, 5) is 10.6. The average Bonchev–Trinajstić information content (AvgIpc) is 2.70. The van der Waals surface area contributed by atoms with Gasteiger partial charge in [-0.15, -0.1) is 0 Å². The summed E-state index contributed by atoms with van der Waals surface area (Å²) in [7, 11) is 0. The van der Waals surface area contributed by atoms with Crippen molar-refractivity contribution in [3.8, 4) is 11.5 Å². The summed E-state index contributed by atoms with van der Waals surface area (Å²) in [6.07, 6.45) is 13.9. The molecule has 0 heterocycles. The Hall–Kier alpha value is -2.29. The van der Waals surface area contributed by atoms with Crippen LogP contribution in [0.3, 0.4) is 0 Å². The molecule has 0 bridgehead atoms. The smallest absolute Gasteiger partial charge is 0.298 e. The maximum atomic E-state index is 10.6. The van der Waals surface area contributed by atoms with Crippen molar-refractivity contribution in [2.24, 2.45) is 0 Å². The molecule has 2 aromatic rings. The van der Waals surface area contributed by atoms with E-state index in [2.05, 4.69) is 24.3 Å². The lowest BCUT2D eigenvalue weighted by atomic mass is 9.67. The summed E-state index contributed by atoms with van der Waals surface area (Å²) in [5, 5.41) is 9.81. The number of benzene rings is 2. The van der Waals surface area contributed by atoms with Crippen molar-refractivity contribution >= 4 is 6.47 Å². The van der Waals surface area contributed by atoms with Gasteiger partial charge in [-0.3, -0.25) is 4.79 Å². The van der Waals surface area contributed by atoms with Crippen LogP contribution in [0.25, 0.3) is 0 Å². The molecule has 150 valence electrons. The zero-order valence-corrected chi connectivity index (χ0v) is 16.7. The number of ether oxygens (including phenoxy) is 1. The lowest BCUT2D eigenvalue weighted by Gasteiger charge is -2.36. The van der Waals surface area contributed by atoms with Crippen LogP contribution >= 0.6 is 0 Å². The van der Waals surface area contributed by atoms with E-state index in [0.29, 0.717) is 18.0 Å². The molecule has 28 heavy (non-hydrogen) atoms. The highest BCUT2D eigenvalue weighted by atomic mass is 16.5. The maximum Gasteiger partial charge on any atom is 0.298 e. The van der Waals surface area contributed by atoms with Crippen LogP contribution in [0.15, 0.2) is 48.5 Å². The van der Waals surface area contributed by atoms with Gasteiger partial charge in [0.15, 0.2) is 0 Å². The van der Waals surface area contributed by atoms with E-state index in [1.807, 2.05) is 12.1 Å². The Morgan fingerprint density at radius 2 is 1.11 bits per heavy atom. The first-order valence-electron chi connectivity index (χ1n) is 10.7. The van der Waals surface area contributed by atoms with Crippen molar-refractivity contribution in [2.45, 2.75) is 76.0 Å². The summed E-state index contributed by atoms with van der Waals surface area (Å²) < 4.78 is 5.00. The fourth-order valence-corrected chi connectivity index (χ4v) is 4.65. The molecule has 1 fully saturated rings. The van der Waals surface area contributed by atoms with E-state index in [0.717, 1.165) is 12.8 Å². The Balaban J connectivity index is 1.97. The number of phenolic OH excluding ortho intramolecular Hbond substituents is 1. The molecule has 3 rings (SSSR count). The number of carbonyl (C=O) groups excluding carboxylic acids is 1. The quantitative estimate of drug-likeness (QED) is 0.614. The van der Waals surface area contributed by atoms with Gasteiger partial charge in [0.05, 0.1) is 0 Å². The minimum atomic E-state index is -0.0629. The zero-order chi connectivity index (χ0) is 19.7. The molecule has 1 aliphatic rings. The minimum absolute atomic E-state index is 0.0629. The Labute approximate surface area is 168 Å². The maximum absolute atomic E-state index is 10.6. The second kappa shape index (κ2) is 10.3. The highest BCUT2D eigenvalue weighted by Crippen LogP contribution is 2.43. The van der Waals surface area contributed by atoms with Crippen LogP contribution in [0.4, 0.5) is 0 Å². The number of carbonyl (C=O) groups is 1. The van der Waals surface area contributed by atoms with E-state index in [4.69, 9.17) is 4.74 Å². The minimum Gasteiger partial charge on any atom is -0.508 e. The molecule has 0 aromatic heterocycles. The van der Waals surface area contributed by atoms with Crippen molar-refractivity contribution in [3.63, 3.8) is 0 Å². The van der Waals surface area contributed by atoms with E-state index in [1.54, 1.807) is 12.1 Å². The fourth-order valence-electron chi connectivity index (χ4n) is 4.65. The number of hydrogen-bond acceptors (Lipinski definition) is 3. The number of rotatable bonds is 4. The molecule has 0 unspecified atom stereocenters. The monoisotopic (exact) mass is 380 g/mol. The second-order valence-corrected chi connectivity index (χ2v) is 8.05. The normalized spacial score (nSPS) is 18.4. The molecule has 1 N–H and O–H groups in total. The predicted octanol–water partition coefficient (Wildman–Crippen LogP) is 6.52. The van der Waals surface area contributed by atoms with Gasteiger partial charge in [-0.05, 0) is 48.2 Å². The summed E-state index contributed by atoms with van der Waals surface area (Å²) in [5.41, 5.74) is 2.48. The van der Waals surface area contributed by atoms with E-state index < -0.39 is 0 Å². The molecular weight excluding hydrogens is 348 g/mol. The molecule has 0 aliphatic heterocycles. The first kappa shape index (κ1) is 20.4. The molecule has 0 amide bonds. The van der Waals surface area contributed by atoms with E-state index in [-0.39, 0.29) is 5.41 Å². The van der Waals surface area contributed by atoms with Crippen LogP contribution in [0, 0.1) is 0 Å². The van der Waals surface area contributed by atoms with E-state index >= 15 is 0 Å². The predicted molar refractivity (Wildman–Crippen MR) is 113 cm³/mol. The van der Waals surface area contributed by atoms with Crippen molar-refractivity contribution in [1.82, 2.24) is 0 Å². The van der Waals surface area contributed by atoms with Crippen molar-refractivity contribution in [3.05, 3.63) is 59.7 Å². The average molecular weight is 381 g/mol. The van der Waals surface area contributed by atoms with Gasteiger partial charge in [0.25, 0.3) is 6.47 Å². The van der Waals surface area contributed by atoms with Crippen molar-refractivity contribution < 1.29 is 14.6 Å². The SMILES string of the molecule is O=COc1ccc(C2(c3ccc(O)cc3)CCCCCCCCCCC2)cc1. The number of aromatic hydroxyl groups is 1. The molecule has 3 heteroatoms. The van der Waals surface area contributed by atoms with Gasteiger partial charge >= 0.3 is 0 Å². The van der Waals surface area contributed by atoms with Crippen molar-refractivity contribution in [2.75, 3.05) is 0 Å². The Kier molecular flexibility index (Phi) is 7.53. The molecule has 0 radical (unpaired) electrons. The van der Waals surface area contributed by atoms with Crippen LogP contribution in [0.5, 0.6) is 11.5 Å². The Bertz CT molecular complexity index is 706. The lowest BCUT2D eigenvalue weighted by Crippen LogP contribution is -2.28. The van der Waals surface area contributed by atoms with Gasteiger partial charge < -0.3 is 9.84 Å². The van der Waals surface area contributed by atoms with Crippen LogP contribution in [-0.2, 0) is 10.2 Å². The zero-order valence-electron chi connectivity index (χ0n) is 16.7. The first-order valence-corrected chi connectivity index (χ1v) is 10.7. The van der Waals surface area contributed by atoms with Crippen LogP contribution in [0.2, 0.25) is 0 Å². The lowest BCUT2D eigenvalue weighted by molar-refractivity contribution is -0.120. The molecule has 0 atom stereocenters. The third-order valence-corrected chi connectivity index (χ3v) is 6.22. The first-order chi connectivity index (χ1) is 13.7. The Morgan fingerprint density at radius 1 is 0.679 bits per heavy atom. The summed E-state index contributed by atoms with van der Waals surface area (Å²) in [5.74, 6) is 0.884. The highest BCUT2D eigenvalue weighted by Gasteiger charge is 2.33. The standard InChI is InChI=1S/C25H32O3/c26-20-28-24-16-12-22(13-17-24)25(21-10-14-23(27)15-11-21)18-8-6-4-2-1-3-5-7-9-19-25/h10-17,20,27H,1-9,18-19H2. The third-order valence-electron chi connectivity index (χ3n) is 6.22. The topological polar surface area (TPSA) is 46.5 Å². The van der Waals surface area contributed by atoms with Crippen LogP contribution in [-0.4, -0.2) is 11.6 Å². The summed E-state index contributed by atoms with van der Waals surface area (Å²) >= 11 is 0. The molecule has 2 aromatic carbocycles. The molecule has 1 saturated carbocycles. The van der Waals surface area contributed by atoms with Gasteiger partial charge in [-0.1, -0.05) is 82.1 Å². The van der Waals surface area contributed by atoms with Crippen LogP contribution < -0.4 is 4.74 Å². The fraction of sp³-hybridized carbons (Fsp3) is 0.480. The molecule has 3 nitrogen and oxygen atoms in total. The molecule has 0 spiro atoms. The third kappa shape index (κ3) is 5.15. The largest absolute Gasteiger partial charge is 0.508 e. The van der Waals surface area contributed by atoms with Gasteiger partial charge in [0.1, 0.15) is 11.5 Å². The Morgan fingerprint density at radius 3 is 1.57 bits per heavy atom. The second-order valence-electron chi connectivity index (χ2n) is 8.05. The summed E-state index contributed by atoms with van der Waals surface area (Å²) in [6, 6.07) is 15.8. The number of hydrogen-bond donors (Lipinski definition) is 1. The van der Waals surface area contributed by atoms with Gasteiger partial charge in [0, 0.05) is 5.41 Å². The van der Waals surface area contributed by atoms with Gasteiger partial charge in [-0.2, -0.15) is 0 Å². The number of phenols is 1. The molecule has 1 aliphatic carbocycles. The molecular formula is C25H32O3. The van der Waals surface area contributed by atoms with Crippen molar-refractivity contribution in [1.29, 1.82) is 0 Å². The highest BCUT2D eigenvalue weighted by molar-refractivity contribution is 5.47. The van der Waals surface area contributed by atoms with E-state index in [1.165, 1.54) is 68.9 Å². The van der Waals surface area contributed by atoms with Crippen LogP contribution in [0.1, 0.15) is 81.8 Å². The van der Waals surface area contributed by atoms with Gasteiger partial charge in [-0.25, -0.2) is 0 Å². The summed E-state index contributed by atoms with van der Waals surface area (Å²) in [6.45, 7) is 0.473. The van der Waals surface area contributed by atoms with E-state index in [9.17, 15) is 9.90 Å².